The SMILES string of the molecule is FC(F)(Cl)Cl.FC(F)(F)Br. The minimum atomic E-state index is -4.19. The fraction of sp³-hybridized carbons (Fsp3) is 1.00. The van der Waals surface area contributed by atoms with E-state index in [1.807, 2.05) is 0 Å². The van der Waals surface area contributed by atoms with E-state index in [1.165, 1.54) is 15.9 Å². The molecule has 0 aromatic carbocycles. The van der Waals surface area contributed by atoms with E-state index in [1.54, 1.807) is 0 Å². The van der Waals surface area contributed by atoms with Crippen LogP contribution >= 0.6 is 39.1 Å². The Morgan fingerprint density at radius 1 is 0.900 bits per heavy atom. The number of halogens is 8. The van der Waals surface area contributed by atoms with Crippen molar-refractivity contribution >= 4 is 39.1 Å². The molecule has 0 fully saturated rings. The van der Waals surface area contributed by atoms with E-state index in [0.29, 0.717) is 0 Å². The van der Waals surface area contributed by atoms with Crippen molar-refractivity contribution in [2.75, 3.05) is 0 Å². The van der Waals surface area contributed by atoms with Crippen LogP contribution in [0.2, 0.25) is 0 Å². The maximum atomic E-state index is 10.6. The van der Waals surface area contributed by atoms with Crippen LogP contribution in [0.15, 0.2) is 0 Å². The third kappa shape index (κ3) is 1030. The third-order valence-electron chi connectivity index (χ3n) is 0. The molecular weight excluding hydrogens is 270 g/mol. The van der Waals surface area contributed by atoms with Crippen LogP contribution in [0, 0.1) is 0 Å². The number of hydrogen-bond donors (Lipinski definition) is 0. The largest absolute Gasteiger partial charge is 0.448 e. The second kappa shape index (κ2) is 4.56. The van der Waals surface area contributed by atoms with Gasteiger partial charge in [-0.1, -0.05) is 0 Å². The van der Waals surface area contributed by atoms with Gasteiger partial charge in [0.1, 0.15) is 0 Å². The number of rotatable bonds is 0. The van der Waals surface area contributed by atoms with E-state index in [0.717, 1.165) is 0 Å². The zero-order chi connectivity index (χ0) is 9.00. The molecule has 0 bridgehead atoms. The lowest BCUT2D eigenvalue weighted by Gasteiger charge is -1.87. The van der Waals surface area contributed by atoms with Crippen LogP contribution in [-0.2, 0) is 0 Å². The molecule has 0 aliphatic rings. The Labute approximate surface area is 71.4 Å². The number of hydrogen-bond acceptors (Lipinski definition) is 0. The van der Waals surface area contributed by atoms with Gasteiger partial charge in [-0.3, -0.25) is 0 Å². The van der Waals surface area contributed by atoms with Crippen molar-refractivity contribution in [3.63, 3.8) is 0 Å². The van der Waals surface area contributed by atoms with Gasteiger partial charge in [0, 0.05) is 15.9 Å². The molecule has 0 aromatic rings. The van der Waals surface area contributed by atoms with Crippen LogP contribution in [0.1, 0.15) is 0 Å². The predicted octanol–water partition coefficient (Wildman–Crippen LogP) is 3.92. The van der Waals surface area contributed by atoms with Gasteiger partial charge in [-0.15, -0.1) is 0 Å². The molecule has 0 unspecified atom stereocenters. The van der Waals surface area contributed by atoms with Crippen molar-refractivity contribution in [3.05, 3.63) is 0 Å². The molecule has 0 rings (SSSR count). The van der Waals surface area contributed by atoms with Crippen molar-refractivity contribution in [1.82, 2.24) is 0 Å². The highest BCUT2D eigenvalue weighted by molar-refractivity contribution is 9.09. The normalized spacial score (nSPS) is 12.0. The van der Waals surface area contributed by atoms with Crippen LogP contribution in [0.5, 0.6) is 0 Å². The van der Waals surface area contributed by atoms with Gasteiger partial charge in [-0.25, -0.2) is 0 Å². The fourth-order valence-corrected chi connectivity index (χ4v) is 0. The lowest BCUT2D eigenvalue weighted by atomic mass is 11.6. The average molecular weight is 270 g/mol. The molecule has 0 spiro atoms. The van der Waals surface area contributed by atoms with Crippen LogP contribution in [-0.4, -0.2) is 9.93 Å². The Kier molecular flexibility index (Phi) is 6.07. The van der Waals surface area contributed by atoms with Gasteiger partial charge >= 0.3 is 9.93 Å². The van der Waals surface area contributed by atoms with Crippen LogP contribution < -0.4 is 0 Å². The Hall–Kier alpha value is 0.710. The summed E-state index contributed by atoms with van der Waals surface area (Å²) in [5.74, 6) is 0. The van der Waals surface area contributed by atoms with E-state index in [2.05, 4.69) is 23.2 Å². The second-order valence-corrected chi connectivity index (χ2v) is 2.90. The summed E-state index contributed by atoms with van der Waals surface area (Å²) < 4.78 is 51.9. The van der Waals surface area contributed by atoms with E-state index in [9.17, 15) is 22.0 Å². The van der Waals surface area contributed by atoms with E-state index in [4.69, 9.17) is 0 Å². The standard InChI is InChI=1S/CBrF3.CCl2F2/c2*2-1(3,4)5. The van der Waals surface area contributed by atoms with Crippen LogP contribution in [0.3, 0.4) is 0 Å². The van der Waals surface area contributed by atoms with Crippen LogP contribution in [0.25, 0.3) is 0 Å². The first-order valence-electron chi connectivity index (χ1n) is 1.51. The lowest BCUT2D eigenvalue weighted by molar-refractivity contribution is -0.0245. The van der Waals surface area contributed by atoms with Gasteiger partial charge in [-0.2, -0.15) is 22.0 Å². The maximum absolute atomic E-state index is 10.6. The van der Waals surface area contributed by atoms with Crippen LogP contribution in [0.4, 0.5) is 22.0 Å². The van der Waals surface area contributed by atoms with Gasteiger partial charge in [0.2, 0.25) is 0 Å². The molecule has 0 amide bonds. The van der Waals surface area contributed by atoms with E-state index < -0.39 is 9.93 Å². The van der Waals surface area contributed by atoms with Crippen molar-refractivity contribution in [2.24, 2.45) is 0 Å². The highest BCUT2D eigenvalue weighted by Gasteiger charge is 2.19. The Morgan fingerprint density at radius 3 is 0.900 bits per heavy atom. The molecule has 0 nitrogen and oxygen atoms in total. The Morgan fingerprint density at radius 2 is 0.900 bits per heavy atom. The smallest absolute Gasteiger partial charge is 0.172 e. The molecule has 0 aliphatic heterocycles. The predicted molar refractivity (Wildman–Crippen MR) is 31.6 cm³/mol. The summed E-state index contributed by atoms with van der Waals surface area (Å²) in [6.45, 7) is 0. The second-order valence-electron chi connectivity index (χ2n) is 0.857. The molecule has 8 heteroatoms. The quantitative estimate of drug-likeness (QED) is 0.462. The third-order valence-corrected chi connectivity index (χ3v) is 0. The van der Waals surface area contributed by atoms with Gasteiger partial charge < -0.3 is 0 Å². The molecule has 64 valence electrons. The van der Waals surface area contributed by atoms with E-state index >= 15 is 0 Å². The highest BCUT2D eigenvalue weighted by Crippen LogP contribution is 2.22. The monoisotopic (exact) mass is 268 g/mol. The molecule has 0 aliphatic carbocycles. The molecule has 0 radical (unpaired) electrons. The first-order valence-corrected chi connectivity index (χ1v) is 3.06. The zero-order valence-electron chi connectivity index (χ0n) is 4.02. The summed E-state index contributed by atoms with van der Waals surface area (Å²) in [7, 11) is 0. The topological polar surface area (TPSA) is 0 Å². The summed E-state index contributed by atoms with van der Waals surface area (Å²) in [6.07, 6.45) is 0. The van der Waals surface area contributed by atoms with Crippen molar-refractivity contribution < 1.29 is 22.0 Å². The molecular formula is C2BrCl2F5. The van der Waals surface area contributed by atoms with Gasteiger partial charge in [-0.05, 0) is 23.2 Å². The molecule has 0 N–H and O–H groups in total. The molecule has 0 saturated carbocycles. The van der Waals surface area contributed by atoms with Crippen molar-refractivity contribution in [1.29, 1.82) is 0 Å². The Bertz CT molecular complexity index is 60.6. The summed E-state index contributed by atoms with van der Waals surface area (Å²) in [5, 5.41) is -4.19. The average Bonchev–Trinajstić information content (AvgIpc) is 1.12. The molecule has 0 atom stereocenters. The summed E-state index contributed by atoms with van der Waals surface area (Å²) in [6, 6.07) is 0. The number of alkyl halides is 8. The fourth-order valence-electron chi connectivity index (χ4n) is 0. The molecule has 10 heavy (non-hydrogen) atoms. The molecule has 0 heterocycles. The minimum absolute atomic E-state index is 1.38. The van der Waals surface area contributed by atoms with Gasteiger partial charge in [0.05, 0.1) is 0 Å². The Balaban J connectivity index is 0. The van der Waals surface area contributed by atoms with Crippen molar-refractivity contribution in [3.8, 4) is 0 Å². The van der Waals surface area contributed by atoms with Gasteiger partial charge in [0.15, 0.2) is 0 Å². The molecule has 0 saturated heterocycles. The first-order chi connectivity index (χ1) is 4.00. The lowest BCUT2D eigenvalue weighted by Crippen LogP contribution is -1.88. The summed E-state index contributed by atoms with van der Waals surface area (Å²) in [4.78, 5) is -3.56. The van der Waals surface area contributed by atoms with Crippen molar-refractivity contribution in [2.45, 2.75) is 9.93 Å². The zero-order valence-corrected chi connectivity index (χ0v) is 7.12. The first kappa shape index (κ1) is 13.3. The van der Waals surface area contributed by atoms with E-state index in [-0.39, 0.29) is 0 Å². The minimum Gasteiger partial charge on any atom is -0.172 e. The summed E-state index contributed by atoms with van der Waals surface area (Å²) >= 11 is 9.30. The molecule has 0 aromatic heterocycles. The highest BCUT2D eigenvalue weighted by atomic mass is 79.9. The van der Waals surface area contributed by atoms with Gasteiger partial charge in [0.25, 0.3) is 0 Å². The summed E-state index contributed by atoms with van der Waals surface area (Å²) in [5.41, 5.74) is 0. The maximum Gasteiger partial charge on any atom is 0.448 e.